The second-order valence-corrected chi connectivity index (χ2v) is 3.12. The van der Waals surface area contributed by atoms with Gasteiger partial charge in [0.05, 0.1) is 6.61 Å². The van der Waals surface area contributed by atoms with Gasteiger partial charge < -0.3 is 4.74 Å². The maximum absolute atomic E-state index is 12.2. The predicted octanol–water partition coefficient (Wildman–Crippen LogP) is 3.50. The second kappa shape index (κ2) is 4.17. The van der Waals surface area contributed by atoms with Crippen LogP contribution in [0.25, 0.3) is 10.8 Å². The molecule has 0 spiro atoms. The third kappa shape index (κ3) is 1.73. The van der Waals surface area contributed by atoms with Crippen LogP contribution in [0, 0.1) is 0 Å². The number of halogens is 1. The molecule has 0 fully saturated rings. The van der Waals surface area contributed by atoms with E-state index in [9.17, 15) is 4.53 Å². The minimum atomic E-state index is 0.217. The maximum atomic E-state index is 12.2. The highest BCUT2D eigenvalue weighted by Gasteiger charge is 2.06. The molecule has 0 aliphatic heterocycles. The molecule has 2 aromatic carbocycles. The van der Waals surface area contributed by atoms with Crippen molar-refractivity contribution in [2.24, 2.45) is 0 Å². The molecule has 78 valence electrons. The molecule has 0 amide bonds. The summed E-state index contributed by atoms with van der Waals surface area (Å²) in [4.78, 5) is 3.81. The molecule has 0 heterocycles. The standard InChI is InChI=1S/C12H11FO2/c1-2-14-11-7-3-6-10-9(11)5-4-8-12(10)15-13/h3-8H,2H2,1H3. The van der Waals surface area contributed by atoms with Crippen molar-refractivity contribution in [2.75, 3.05) is 6.61 Å². The first-order valence-electron chi connectivity index (χ1n) is 4.80. The summed E-state index contributed by atoms with van der Waals surface area (Å²) in [6, 6.07) is 10.7. The van der Waals surface area contributed by atoms with Gasteiger partial charge in [-0.25, -0.2) is 0 Å². The molecule has 0 radical (unpaired) electrons. The van der Waals surface area contributed by atoms with Crippen LogP contribution < -0.4 is 9.68 Å². The van der Waals surface area contributed by atoms with Crippen molar-refractivity contribution in [3.8, 4) is 11.5 Å². The normalized spacial score (nSPS) is 10.3. The van der Waals surface area contributed by atoms with Gasteiger partial charge in [-0.2, -0.15) is 0 Å². The Kier molecular flexibility index (Phi) is 2.72. The van der Waals surface area contributed by atoms with E-state index in [1.54, 1.807) is 18.2 Å². The molecule has 0 saturated heterocycles. The monoisotopic (exact) mass is 206 g/mol. The summed E-state index contributed by atoms with van der Waals surface area (Å²) in [6.07, 6.45) is 0. The average Bonchev–Trinajstić information content (AvgIpc) is 2.29. The number of hydrogen-bond donors (Lipinski definition) is 0. The van der Waals surface area contributed by atoms with E-state index in [-0.39, 0.29) is 5.75 Å². The fraction of sp³-hybridized carbons (Fsp3) is 0.167. The van der Waals surface area contributed by atoms with Crippen LogP contribution in [0.4, 0.5) is 4.53 Å². The highest BCUT2D eigenvalue weighted by atomic mass is 19.3. The Bertz CT molecular complexity index is 468. The molecule has 0 N–H and O–H groups in total. The molecule has 2 nitrogen and oxygen atoms in total. The molecule has 0 aromatic heterocycles. The van der Waals surface area contributed by atoms with E-state index < -0.39 is 0 Å². The van der Waals surface area contributed by atoms with Crippen LogP contribution in [0.3, 0.4) is 0 Å². The van der Waals surface area contributed by atoms with Gasteiger partial charge in [-0.15, -0.1) is 0 Å². The molecule has 0 bridgehead atoms. The van der Waals surface area contributed by atoms with Gasteiger partial charge in [0.2, 0.25) is 0 Å². The molecule has 0 unspecified atom stereocenters. The molecule has 0 aliphatic carbocycles. The van der Waals surface area contributed by atoms with Gasteiger partial charge in [0, 0.05) is 15.3 Å². The quantitative estimate of drug-likeness (QED) is 0.765. The highest BCUT2D eigenvalue weighted by Crippen LogP contribution is 2.32. The number of ether oxygens (including phenoxy) is 1. The molecule has 0 atom stereocenters. The largest absolute Gasteiger partial charge is 0.493 e. The zero-order valence-electron chi connectivity index (χ0n) is 8.37. The van der Waals surface area contributed by atoms with Crippen LogP contribution in [0.2, 0.25) is 0 Å². The summed E-state index contributed by atoms with van der Waals surface area (Å²) < 4.78 is 17.7. The molecule has 15 heavy (non-hydrogen) atoms. The minimum absolute atomic E-state index is 0.217. The zero-order chi connectivity index (χ0) is 10.7. The lowest BCUT2D eigenvalue weighted by Gasteiger charge is -2.08. The van der Waals surface area contributed by atoms with Gasteiger partial charge in [-0.3, -0.25) is 4.94 Å². The van der Waals surface area contributed by atoms with Gasteiger partial charge in [0.25, 0.3) is 0 Å². The Hall–Kier alpha value is -1.77. The number of rotatable bonds is 3. The van der Waals surface area contributed by atoms with Crippen LogP contribution in [0.1, 0.15) is 6.92 Å². The molecule has 2 aromatic rings. The van der Waals surface area contributed by atoms with Crippen molar-refractivity contribution in [1.82, 2.24) is 0 Å². The van der Waals surface area contributed by atoms with Crippen molar-refractivity contribution >= 4 is 10.8 Å². The lowest BCUT2D eigenvalue weighted by molar-refractivity contribution is -0.00424. The van der Waals surface area contributed by atoms with Crippen molar-refractivity contribution in [3.05, 3.63) is 36.4 Å². The maximum Gasteiger partial charge on any atom is 0.179 e. The fourth-order valence-electron chi connectivity index (χ4n) is 1.60. The van der Waals surface area contributed by atoms with E-state index in [1.807, 2.05) is 25.1 Å². The summed E-state index contributed by atoms with van der Waals surface area (Å²) in [5, 5.41) is 1.57. The van der Waals surface area contributed by atoms with Gasteiger partial charge in [-0.1, -0.05) is 24.3 Å². The summed E-state index contributed by atoms with van der Waals surface area (Å²) in [6.45, 7) is 2.49. The molecular weight excluding hydrogens is 195 g/mol. The first-order chi connectivity index (χ1) is 7.36. The van der Waals surface area contributed by atoms with E-state index in [0.717, 1.165) is 11.1 Å². The van der Waals surface area contributed by atoms with Crippen molar-refractivity contribution in [3.63, 3.8) is 0 Å². The molecule has 0 saturated carbocycles. The lowest BCUT2D eigenvalue weighted by Crippen LogP contribution is -1.92. The molecule has 0 aliphatic rings. The SMILES string of the molecule is CCOc1cccc2c(OF)cccc12. The summed E-state index contributed by atoms with van der Waals surface area (Å²) in [7, 11) is 0. The van der Waals surface area contributed by atoms with E-state index >= 15 is 0 Å². The smallest absolute Gasteiger partial charge is 0.179 e. The Morgan fingerprint density at radius 1 is 1.00 bits per heavy atom. The zero-order valence-corrected chi connectivity index (χ0v) is 8.37. The van der Waals surface area contributed by atoms with Crippen LogP contribution in [0.5, 0.6) is 11.5 Å². The van der Waals surface area contributed by atoms with Crippen LogP contribution in [-0.4, -0.2) is 6.61 Å². The highest BCUT2D eigenvalue weighted by molar-refractivity contribution is 5.92. The Labute approximate surface area is 87.1 Å². The van der Waals surface area contributed by atoms with E-state index in [1.165, 1.54) is 0 Å². The third-order valence-corrected chi connectivity index (χ3v) is 2.23. The predicted molar refractivity (Wildman–Crippen MR) is 56.9 cm³/mol. The number of benzene rings is 2. The first-order valence-corrected chi connectivity index (χ1v) is 4.80. The average molecular weight is 206 g/mol. The van der Waals surface area contributed by atoms with Crippen LogP contribution in [-0.2, 0) is 0 Å². The van der Waals surface area contributed by atoms with Gasteiger partial charge in [-0.05, 0) is 19.1 Å². The summed E-state index contributed by atoms with van der Waals surface area (Å²) >= 11 is 0. The minimum Gasteiger partial charge on any atom is -0.493 e. The second-order valence-electron chi connectivity index (χ2n) is 3.12. The topological polar surface area (TPSA) is 18.5 Å². The van der Waals surface area contributed by atoms with Crippen molar-refractivity contribution in [1.29, 1.82) is 0 Å². The lowest BCUT2D eigenvalue weighted by atomic mass is 10.1. The van der Waals surface area contributed by atoms with Crippen molar-refractivity contribution in [2.45, 2.75) is 6.92 Å². The first kappa shape index (κ1) is 9.77. The fourth-order valence-corrected chi connectivity index (χ4v) is 1.60. The molecular formula is C12H11FO2. The number of hydrogen-bond acceptors (Lipinski definition) is 2. The Balaban J connectivity index is 2.65. The van der Waals surface area contributed by atoms with E-state index in [4.69, 9.17) is 4.74 Å². The van der Waals surface area contributed by atoms with E-state index in [0.29, 0.717) is 12.0 Å². The number of fused-ring (bicyclic) bond motifs is 1. The van der Waals surface area contributed by atoms with Gasteiger partial charge >= 0.3 is 0 Å². The van der Waals surface area contributed by atoms with Crippen molar-refractivity contribution < 1.29 is 14.2 Å². The molecule has 3 heteroatoms. The summed E-state index contributed by atoms with van der Waals surface area (Å²) in [5.41, 5.74) is 0. The van der Waals surface area contributed by atoms with Crippen LogP contribution in [0.15, 0.2) is 36.4 Å². The molecule has 2 rings (SSSR count). The Morgan fingerprint density at radius 2 is 1.60 bits per heavy atom. The van der Waals surface area contributed by atoms with Crippen LogP contribution >= 0.6 is 0 Å². The van der Waals surface area contributed by atoms with E-state index in [2.05, 4.69) is 4.94 Å². The van der Waals surface area contributed by atoms with Gasteiger partial charge in [0.1, 0.15) is 5.75 Å². The third-order valence-electron chi connectivity index (χ3n) is 2.23. The summed E-state index contributed by atoms with van der Waals surface area (Å²) in [5.74, 6) is 0.961. The van der Waals surface area contributed by atoms with Gasteiger partial charge in [0.15, 0.2) is 5.75 Å². The Morgan fingerprint density at radius 3 is 2.20 bits per heavy atom.